The number of nitrogens with zero attached hydrogens (tertiary/aromatic N) is 3. The van der Waals surface area contributed by atoms with Gasteiger partial charge in [-0.05, 0) is 25.5 Å². The number of thioether (sulfide) groups is 1. The van der Waals surface area contributed by atoms with Gasteiger partial charge in [0.2, 0.25) is 11.8 Å². The van der Waals surface area contributed by atoms with E-state index in [-0.39, 0.29) is 16.7 Å². The molecule has 2 fully saturated rings. The molecule has 2 aromatic heterocycles. The number of hydrogen-bond acceptors (Lipinski definition) is 5. The van der Waals surface area contributed by atoms with Gasteiger partial charge in [-0.2, -0.15) is 0 Å². The lowest BCUT2D eigenvalue weighted by Gasteiger charge is -2.29. The molecule has 0 bridgehead atoms. The fraction of sp³-hybridized carbons (Fsp3) is 0.316. The Labute approximate surface area is 164 Å². The molecular weight excluding hydrogens is 380 g/mol. The molecular formula is C19H18N4O2S2. The van der Waals surface area contributed by atoms with Crippen LogP contribution < -0.4 is 5.32 Å². The maximum Gasteiger partial charge on any atom is 0.248 e. The minimum atomic E-state index is -0.394. The van der Waals surface area contributed by atoms with Gasteiger partial charge in [-0.1, -0.05) is 12.1 Å². The second-order valence-corrected chi connectivity index (χ2v) is 9.43. The van der Waals surface area contributed by atoms with E-state index in [1.165, 1.54) is 0 Å². The van der Waals surface area contributed by atoms with Gasteiger partial charge in [-0.25, -0.2) is 4.98 Å². The van der Waals surface area contributed by atoms with Gasteiger partial charge in [0.1, 0.15) is 6.04 Å². The number of benzene rings is 1. The number of amides is 2. The second kappa shape index (κ2) is 6.10. The summed E-state index contributed by atoms with van der Waals surface area (Å²) in [6.07, 6.45) is 5.33. The summed E-state index contributed by atoms with van der Waals surface area (Å²) in [5.41, 5.74) is 2.64. The third kappa shape index (κ3) is 2.74. The molecule has 4 heterocycles. The molecule has 138 valence electrons. The zero-order valence-electron chi connectivity index (χ0n) is 14.7. The number of nitrogens with one attached hydrogen (secondary N) is 1. The third-order valence-corrected chi connectivity index (χ3v) is 7.56. The zero-order chi connectivity index (χ0) is 18.6. The van der Waals surface area contributed by atoms with E-state index in [1.54, 1.807) is 28.0 Å². The number of anilines is 1. The van der Waals surface area contributed by atoms with Gasteiger partial charge in [-0.15, -0.1) is 23.1 Å². The van der Waals surface area contributed by atoms with Crippen LogP contribution in [0.4, 0.5) is 5.69 Å². The Morgan fingerprint density at radius 2 is 2.15 bits per heavy atom. The van der Waals surface area contributed by atoms with Crippen LogP contribution in [-0.4, -0.2) is 42.8 Å². The molecule has 2 saturated heterocycles. The van der Waals surface area contributed by atoms with Crippen LogP contribution >= 0.6 is 23.1 Å². The lowest BCUT2D eigenvalue weighted by molar-refractivity contribution is -0.135. The van der Waals surface area contributed by atoms with Crippen LogP contribution in [0.25, 0.3) is 16.2 Å². The van der Waals surface area contributed by atoms with Gasteiger partial charge >= 0.3 is 0 Å². The molecule has 1 aromatic carbocycles. The van der Waals surface area contributed by atoms with Gasteiger partial charge in [-0.3, -0.25) is 14.0 Å². The number of thiazole rings is 1. The van der Waals surface area contributed by atoms with Crippen molar-refractivity contribution in [2.24, 2.45) is 0 Å². The smallest absolute Gasteiger partial charge is 0.248 e. The van der Waals surface area contributed by atoms with Crippen LogP contribution in [0.5, 0.6) is 0 Å². The summed E-state index contributed by atoms with van der Waals surface area (Å²) in [4.78, 5) is 32.1. The third-order valence-electron chi connectivity index (χ3n) is 5.29. The summed E-state index contributed by atoms with van der Waals surface area (Å²) < 4.78 is 2.00. The summed E-state index contributed by atoms with van der Waals surface area (Å²) in [5, 5.41) is 4.97. The molecule has 2 atom stereocenters. The highest BCUT2D eigenvalue weighted by atomic mass is 32.2. The highest BCUT2D eigenvalue weighted by molar-refractivity contribution is 8.01. The van der Waals surface area contributed by atoms with Crippen molar-refractivity contribution in [1.82, 2.24) is 14.3 Å². The van der Waals surface area contributed by atoms with Crippen LogP contribution in [0.15, 0.2) is 42.0 Å². The molecule has 0 saturated carbocycles. The van der Waals surface area contributed by atoms with Crippen molar-refractivity contribution in [3.8, 4) is 11.3 Å². The quantitative estimate of drug-likeness (QED) is 0.734. The summed E-state index contributed by atoms with van der Waals surface area (Å²) in [6, 6.07) is 7.28. The average Bonchev–Trinajstić information content (AvgIpc) is 3.37. The maximum atomic E-state index is 12.8. The van der Waals surface area contributed by atoms with Crippen LogP contribution in [-0.2, 0) is 9.59 Å². The highest BCUT2D eigenvalue weighted by Crippen LogP contribution is 2.47. The lowest BCUT2D eigenvalue weighted by Crippen LogP contribution is -2.48. The number of fused-ring (bicyclic) bond motifs is 2. The zero-order valence-corrected chi connectivity index (χ0v) is 16.3. The summed E-state index contributed by atoms with van der Waals surface area (Å²) in [5.74, 6) is 0.617. The van der Waals surface area contributed by atoms with E-state index in [4.69, 9.17) is 0 Å². The first-order valence-electron chi connectivity index (χ1n) is 8.83. The van der Waals surface area contributed by atoms with E-state index in [1.807, 2.05) is 46.4 Å². The molecule has 1 N–H and O–H groups in total. The van der Waals surface area contributed by atoms with E-state index >= 15 is 0 Å². The van der Waals surface area contributed by atoms with Crippen molar-refractivity contribution in [2.45, 2.75) is 30.7 Å². The van der Waals surface area contributed by atoms with Crippen molar-refractivity contribution >= 4 is 45.6 Å². The average molecular weight is 399 g/mol. The Balaban J connectivity index is 1.32. The van der Waals surface area contributed by atoms with Gasteiger partial charge in [0.15, 0.2) is 4.96 Å². The summed E-state index contributed by atoms with van der Waals surface area (Å²) in [7, 11) is 0. The largest absolute Gasteiger partial charge is 0.324 e. The Morgan fingerprint density at radius 3 is 2.93 bits per heavy atom. The Kier molecular flexibility index (Phi) is 3.80. The van der Waals surface area contributed by atoms with Crippen molar-refractivity contribution in [3.05, 3.63) is 42.0 Å². The highest BCUT2D eigenvalue weighted by Gasteiger charge is 2.52. The summed E-state index contributed by atoms with van der Waals surface area (Å²) in [6.45, 7) is 2.06. The van der Waals surface area contributed by atoms with Gasteiger partial charge in [0, 0.05) is 41.2 Å². The standard InChI is InChI=1S/C19H18N4O2S2/c1-19-7-6-16(24)23(19)15(11-27-19)17(25)20-13-4-2-12(3-5-13)14-10-22-8-9-26-18(22)21-14/h2-5,8-10,15H,6-7,11H2,1H3,(H,20,25)/t15-,19+/m0/s1. The maximum absolute atomic E-state index is 12.8. The van der Waals surface area contributed by atoms with Gasteiger partial charge < -0.3 is 10.2 Å². The molecule has 0 radical (unpaired) electrons. The minimum absolute atomic E-state index is 0.0812. The minimum Gasteiger partial charge on any atom is -0.324 e. The van der Waals surface area contributed by atoms with E-state index in [0.29, 0.717) is 12.2 Å². The van der Waals surface area contributed by atoms with Crippen LogP contribution in [0.1, 0.15) is 19.8 Å². The molecule has 6 nitrogen and oxygen atoms in total. The lowest BCUT2D eigenvalue weighted by atomic mass is 10.1. The molecule has 3 aromatic rings. The first-order chi connectivity index (χ1) is 13.0. The molecule has 0 spiro atoms. The van der Waals surface area contributed by atoms with Crippen molar-refractivity contribution < 1.29 is 9.59 Å². The van der Waals surface area contributed by atoms with E-state index < -0.39 is 6.04 Å². The molecule has 27 heavy (non-hydrogen) atoms. The van der Waals surface area contributed by atoms with Crippen molar-refractivity contribution in [1.29, 1.82) is 0 Å². The number of hydrogen-bond donors (Lipinski definition) is 1. The van der Waals surface area contributed by atoms with Gasteiger partial charge in [0.05, 0.1) is 10.6 Å². The van der Waals surface area contributed by atoms with E-state index in [2.05, 4.69) is 17.2 Å². The Morgan fingerprint density at radius 1 is 1.33 bits per heavy atom. The first-order valence-corrected chi connectivity index (χ1v) is 10.7. The fourth-order valence-electron chi connectivity index (χ4n) is 3.83. The molecule has 0 unspecified atom stereocenters. The second-order valence-electron chi connectivity index (χ2n) is 7.05. The fourth-order valence-corrected chi connectivity index (χ4v) is 5.96. The predicted octanol–water partition coefficient (Wildman–Crippen LogP) is 3.46. The number of aromatic nitrogens is 2. The molecule has 5 rings (SSSR count). The van der Waals surface area contributed by atoms with E-state index in [0.717, 1.165) is 28.3 Å². The number of rotatable bonds is 3. The Bertz CT molecular complexity index is 1010. The summed E-state index contributed by atoms with van der Waals surface area (Å²) >= 11 is 3.30. The van der Waals surface area contributed by atoms with Crippen LogP contribution in [0, 0.1) is 0 Å². The Hall–Kier alpha value is -2.32. The molecule has 2 aliphatic heterocycles. The van der Waals surface area contributed by atoms with Crippen molar-refractivity contribution in [3.63, 3.8) is 0 Å². The molecule has 8 heteroatoms. The molecule has 0 aliphatic carbocycles. The number of imidazole rings is 1. The molecule has 2 amide bonds. The monoisotopic (exact) mass is 398 g/mol. The van der Waals surface area contributed by atoms with E-state index in [9.17, 15) is 9.59 Å². The number of carbonyl (C=O) groups is 2. The SMILES string of the molecule is C[C@@]12CCC(=O)N1[C@H](C(=O)Nc1ccc(-c3cn4ccsc4n3)cc1)CS2. The van der Waals surface area contributed by atoms with Crippen LogP contribution in [0.2, 0.25) is 0 Å². The predicted molar refractivity (Wildman–Crippen MR) is 108 cm³/mol. The van der Waals surface area contributed by atoms with Crippen molar-refractivity contribution in [2.75, 3.05) is 11.1 Å². The topological polar surface area (TPSA) is 66.7 Å². The van der Waals surface area contributed by atoms with Crippen LogP contribution in [0.3, 0.4) is 0 Å². The number of carbonyl (C=O) groups excluding carboxylic acids is 2. The first kappa shape index (κ1) is 16.8. The normalized spacial score (nSPS) is 24.6. The molecule has 2 aliphatic rings. The van der Waals surface area contributed by atoms with Gasteiger partial charge in [0.25, 0.3) is 0 Å².